The molecule has 1 heterocycles. The Morgan fingerprint density at radius 1 is 1.44 bits per heavy atom. The first-order valence-corrected chi connectivity index (χ1v) is 5.81. The average Bonchev–Trinajstić information content (AvgIpc) is 2.18. The molecule has 3 heteroatoms. The van der Waals surface area contributed by atoms with Crippen LogP contribution in [-0.4, -0.2) is 11.5 Å². The van der Waals surface area contributed by atoms with Crippen LogP contribution in [-0.2, 0) is 6.54 Å². The van der Waals surface area contributed by atoms with E-state index in [4.69, 9.17) is 0 Å². The third kappa shape index (κ3) is 3.19. The summed E-state index contributed by atoms with van der Waals surface area (Å²) < 4.78 is 0. The van der Waals surface area contributed by atoms with Crippen molar-refractivity contribution in [3.8, 4) is 0 Å². The zero-order chi connectivity index (χ0) is 10.7. The lowest BCUT2D eigenvalue weighted by Crippen LogP contribution is -2.37. The Bertz CT molecular complexity index is 334. The number of rotatable bonds is 4. The number of nitrogens with one attached hydrogen (secondary N) is 1. The Hall–Kier alpha value is -0.600. The van der Waals surface area contributed by atoms with Gasteiger partial charge in [0.25, 0.3) is 0 Å². The minimum absolute atomic E-state index is 0. The van der Waals surface area contributed by atoms with Crippen molar-refractivity contribution in [2.45, 2.75) is 39.7 Å². The Labute approximate surface area is 104 Å². The molecular formula is C13H21ClN2. The van der Waals surface area contributed by atoms with E-state index >= 15 is 0 Å². The van der Waals surface area contributed by atoms with Gasteiger partial charge in [0.1, 0.15) is 0 Å². The van der Waals surface area contributed by atoms with Gasteiger partial charge in [0.05, 0.1) is 0 Å². The fourth-order valence-corrected chi connectivity index (χ4v) is 2.16. The minimum atomic E-state index is 0. The summed E-state index contributed by atoms with van der Waals surface area (Å²) in [5.41, 5.74) is 3.03. The highest BCUT2D eigenvalue weighted by Crippen LogP contribution is 2.39. The van der Waals surface area contributed by atoms with Gasteiger partial charge in [-0.25, -0.2) is 0 Å². The molecule has 1 N–H and O–H groups in total. The molecule has 1 saturated carbocycles. The first-order valence-electron chi connectivity index (χ1n) is 5.81. The molecule has 1 aromatic rings. The monoisotopic (exact) mass is 240 g/mol. The maximum absolute atomic E-state index is 4.29. The van der Waals surface area contributed by atoms with E-state index < -0.39 is 0 Å². The molecule has 90 valence electrons. The summed E-state index contributed by atoms with van der Waals surface area (Å²) in [6.07, 6.45) is 6.02. The van der Waals surface area contributed by atoms with Crippen molar-refractivity contribution in [3.63, 3.8) is 0 Å². The van der Waals surface area contributed by atoms with E-state index in [1.165, 1.54) is 24.8 Å². The van der Waals surface area contributed by atoms with Crippen molar-refractivity contribution in [2.24, 2.45) is 5.41 Å². The molecule has 1 aliphatic carbocycles. The van der Waals surface area contributed by atoms with E-state index in [1.54, 1.807) is 0 Å². The van der Waals surface area contributed by atoms with Gasteiger partial charge in [0.15, 0.2) is 0 Å². The quantitative estimate of drug-likeness (QED) is 0.875. The van der Waals surface area contributed by atoms with Gasteiger partial charge in [-0.3, -0.25) is 4.98 Å². The van der Waals surface area contributed by atoms with Crippen molar-refractivity contribution in [3.05, 3.63) is 29.6 Å². The van der Waals surface area contributed by atoms with Crippen LogP contribution < -0.4 is 5.32 Å². The molecule has 16 heavy (non-hydrogen) atoms. The molecule has 0 radical (unpaired) electrons. The Balaban J connectivity index is 0.00000128. The van der Waals surface area contributed by atoms with E-state index in [9.17, 15) is 0 Å². The summed E-state index contributed by atoms with van der Waals surface area (Å²) >= 11 is 0. The number of pyridine rings is 1. The van der Waals surface area contributed by atoms with Crippen molar-refractivity contribution in [1.29, 1.82) is 0 Å². The Morgan fingerprint density at radius 2 is 2.19 bits per heavy atom. The molecule has 0 aromatic carbocycles. The van der Waals surface area contributed by atoms with Crippen LogP contribution in [0.2, 0.25) is 0 Å². The van der Waals surface area contributed by atoms with Gasteiger partial charge >= 0.3 is 0 Å². The van der Waals surface area contributed by atoms with Gasteiger partial charge in [-0.1, -0.05) is 19.4 Å². The highest BCUT2D eigenvalue weighted by Gasteiger charge is 2.30. The summed E-state index contributed by atoms with van der Waals surface area (Å²) in [6.45, 7) is 6.54. The Kier molecular flexibility index (Phi) is 4.75. The second-order valence-corrected chi connectivity index (χ2v) is 5.02. The molecule has 0 unspecified atom stereocenters. The lowest BCUT2D eigenvalue weighted by molar-refractivity contribution is 0.156. The largest absolute Gasteiger partial charge is 0.312 e. The van der Waals surface area contributed by atoms with E-state index in [1.807, 2.05) is 12.3 Å². The lowest BCUT2D eigenvalue weighted by atomic mass is 9.70. The van der Waals surface area contributed by atoms with Gasteiger partial charge in [-0.15, -0.1) is 12.4 Å². The van der Waals surface area contributed by atoms with E-state index in [2.05, 4.69) is 30.2 Å². The van der Waals surface area contributed by atoms with Crippen LogP contribution in [0.3, 0.4) is 0 Å². The highest BCUT2D eigenvalue weighted by molar-refractivity contribution is 5.85. The maximum atomic E-state index is 4.29. The van der Waals surface area contributed by atoms with Crippen LogP contribution in [0.4, 0.5) is 0 Å². The first kappa shape index (κ1) is 13.5. The molecule has 2 nitrogen and oxygen atoms in total. The van der Waals surface area contributed by atoms with Crippen LogP contribution >= 0.6 is 12.4 Å². The number of aromatic nitrogens is 1. The number of hydrogen-bond acceptors (Lipinski definition) is 2. The van der Waals surface area contributed by atoms with Crippen LogP contribution in [0, 0.1) is 12.3 Å². The number of halogens is 1. The predicted molar refractivity (Wildman–Crippen MR) is 69.9 cm³/mol. The second kappa shape index (κ2) is 5.65. The molecule has 1 aliphatic rings. The van der Waals surface area contributed by atoms with Crippen molar-refractivity contribution < 1.29 is 0 Å². The van der Waals surface area contributed by atoms with Crippen molar-refractivity contribution in [2.75, 3.05) is 6.54 Å². The SMILES string of the molecule is Cc1ncccc1CNCC1(C)CCC1.Cl. The van der Waals surface area contributed by atoms with Gasteiger partial charge < -0.3 is 5.32 Å². The fourth-order valence-electron chi connectivity index (χ4n) is 2.16. The topological polar surface area (TPSA) is 24.9 Å². The normalized spacial score (nSPS) is 17.4. The molecule has 0 aliphatic heterocycles. The van der Waals surface area contributed by atoms with E-state index in [0.717, 1.165) is 18.8 Å². The molecule has 2 rings (SSSR count). The van der Waals surface area contributed by atoms with E-state index in [-0.39, 0.29) is 12.4 Å². The third-order valence-electron chi connectivity index (χ3n) is 3.54. The number of aryl methyl sites for hydroxylation is 1. The van der Waals surface area contributed by atoms with E-state index in [0.29, 0.717) is 5.41 Å². The maximum Gasteiger partial charge on any atom is 0.0417 e. The van der Waals surface area contributed by atoms with Crippen LogP contribution in [0.15, 0.2) is 18.3 Å². The molecule has 0 spiro atoms. The zero-order valence-electron chi connectivity index (χ0n) is 10.1. The van der Waals surface area contributed by atoms with Gasteiger partial charge in [0, 0.05) is 25.0 Å². The number of hydrogen-bond donors (Lipinski definition) is 1. The zero-order valence-corrected chi connectivity index (χ0v) is 10.9. The average molecular weight is 241 g/mol. The molecule has 0 saturated heterocycles. The standard InChI is InChI=1S/C13H20N2.ClH/c1-11-12(5-3-8-15-11)9-14-10-13(2)6-4-7-13;/h3,5,8,14H,4,6-7,9-10H2,1-2H3;1H. The second-order valence-electron chi connectivity index (χ2n) is 5.02. The summed E-state index contributed by atoms with van der Waals surface area (Å²) in [6, 6.07) is 4.16. The Morgan fingerprint density at radius 3 is 2.75 bits per heavy atom. The molecule has 0 atom stereocenters. The van der Waals surface area contributed by atoms with Crippen molar-refractivity contribution >= 4 is 12.4 Å². The highest BCUT2D eigenvalue weighted by atomic mass is 35.5. The predicted octanol–water partition coefficient (Wildman–Crippen LogP) is 3.09. The molecule has 1 fully saturated rings. The molecule has 0 bridgehead atoms. The summed E-state index contributed by atoms with van der Waals surface area (Å²) in [5.74, 6) is 0. The summed E-state index contributed by atoms with van der Waals surface area (Å²) in [5, 5.41) is 3.54. The summed E-state index contributed by atoms with van der Waals surface area (Å²) in [4.78, 5) is 4.29. The van der Waals surface area contributed by atoms with Gasteiger partial charge in [-0.05, 0) is 36.8 Å². The fraction of sp³-hybridized carbons (Fsp3) is 0.615. The van der Waals surface area contributed by atoms with Gasteiger partial charge in [-0.2, -0.15) is 0 Å². The van der Waals surface area contributed by atoms with Crippen molar-refractivity contribution in [1.82, 2.24) is 10.3 Å². The minimum Gasteiger partial charge on any atom is -0.312 e. The smallest absolute Gasteiger partial charge is 0.0417 e. The lowest BCUT2D eigenvalue weighted by Gasteiger charge is -2.38. The van der Waals surface area contributed by atoms with Crippen LogP contribution in [0.25, 0.3) is 0 Å². The molecule has 1 aromatic heterocycles. The molecule has 0 amide bonds. The summed E-state index contributed by atoms with van der Waals surface area (Å²) in [7, 11) is 0. The molecular weight excluding hydrogens is 220 g/mol. The van der Waals surface area contributed by atoms with Crippen LogP contribution in [0.1, 0.15) is 37.4 Å². The van der Waals surface area contributed by atoms with Gasteiger partial charge in [0.2, 0.25) is 0 Å². The third-order valence-corrected chi connectivity index (χ3v) is 3.54. The number of nitrogens with zero attached hydrogens (tertiary/aromatic N) is 1. The first-order chi connectivity index (χ1) is 7.20. The van der Waals surface area contributed by atoms with Crippen LogP contribution in [0.5, 0.6) is 0 Å².